The lowest BCUT2D eigenvalue weighted by Gasteiger charge is -2.17. The molecule has 0 aliphatic heterocycles. The van der Waals surface area contributed by atoms with Crippen molar-refractivity contribution in [2.24, 2.45) is 0 Å². The lowest BCUT2D eigenvalue weighted by Crippen LogP contribution is -2.33. The molecule has 100 valence electrons. The van der Waals surface area contributed by atoms with Crippen LogP contribution in [0.5, 0.6) is 5.75 Å². The normalized spacial score (nSPS) is 10.2. The zero-order chi connectivity index (χ0) is 13.7. The number of hydrogen-bond donors (Lipinski definition) is 0. The number of hydrogen-bond acceptors (Lipinski definition) is 3. The van der Waals surface area contributed by atoms with Crippen LogP contribution < -0.4 is 4.74 Å². The fourth-order valence-electron chi connectivity index (χ4n) is 1.67. The molecule has 0 atom stereocenters. The summed E-state index contributed by atoms with van der Waals surface area (Å²) in [5.74, 6) is 0.823. The third-order valence-corrected chi connectivity index (χ3v) is 2.74. The fourth-order valence-corrected chi connectivity index (χ4v) is 1.67. The van der Waals surface area contributed by atoms with E-state index in [-0.39, 0.29) is 6.03 Å². The molecule has 0 aliphatic rings. The maximum absolute atomic E-state index is 11.9. The van der Waals surface area contributed by atoms with Crippen molar-refractivity contribution in [1.29, 1.82) is 0 Å². The Labute approximate surface area is 112 Å². The van der Waals surface area contributed by atoms with Crippen LogP contribution in [-0.4, -0.2) is 40.7 Å². The van der Waals surface area contributed by atoms with Gasteiger partial charge in [-0.05, 0) is 24.6 Å². The maximum Gasteiger partial charge on any atom is 0.329 e. The van der Waals surface area contributed by atoms with Crippen LogP contribution in [0.2, 0.25) is 0 Å². The smallest absolute Gasteiger partial charge is 0.329 e. The Morgan fingerprint density at radius 1 is 1.47 bits per heavy atom. The number of rotatable bonds is 4. The molecule has 0 unspecified atom stereocenters. The van der Waals surface area contributed by atoms with Gasteiger partial charge in [-0.3, -0.25) is 4.57 Å². The second-order valence-corrected chi connectivity index (χ2v) is 4.34. The van der Waals surface area contributed by atoms with E-state index in [1.165, 1.54) is 10.9 Å². The monoisotopic (exact) mass is 259 g/mol. The van der Waals surface area contributed by atoms with E-state index in [1.807, 2.05) is 31.2 Å². The van der Waals surface area contributed by atoms with Gasteiger partial charge in [0.25, 0.3) is 0 Å². The Morgan fingerprint density at radius 3 is 3.00 bits per heavy atom. The molecule has 2 rings (SSSR count). The number of aryl methyl sites for hydroxylation is 1. The molecule has 0 saturated carbocycles. The molecule has 2 aromatic rings. The number of amides is 1. The minimum Gasteiger partial charge on any atom is -0.492 e. The van der Waals surface area contributed by atoms with Gasteiger partial charge in [0.1, 0.15) is 18.7 Å². The molecule has 0 N–H and O–H groups in total. The van der Waals surface area contributed by atoms with E-state index in [0.29, 0.717) is 13.2 Å². The van der Waals surface area contributed by atoms with Gasteiger partial charge in [0.15, 0.2) is 0 Å². The van der Waals surface area contributed by atoms with Crippen molar-refractivity contribution in [1.82, 2.24) is 14.5 Å². The van der Waals surface area contributed by atoms with Gasteiger partial charge in [-0.25, -0.2) is 9.78 Å². The van der Waals surface area contributed by atoms with Crippen molar-refractivity contribution in [2.45, 2.75) is 6.92 Å². The minimum atomic E-state index is -0.120. The molecule has 1 aromatic carbocycles. The zero-order valence-electron chi connectivity index (χ0n) is 11.1. The van der Waals surface area contributed by atoms with Crippen LogP contribution in [0, 0.1) is 6.92 Å². The largest absolute Gasteiger partial charge is 0.492 e. The number of aromatic nitrogens is 2. The van der Waals surface area contributed by atoms with Crippen molar-refractivity contribution in [3.05, 3.63) is 48.5 Å². The summed E-state index contributed by atoms with van der Waals surface area (Å²) in [6, 6.07) is 7.72. The summed E-state index contributed by atoms with van der Waals surface area (Å²) in [6.45, 7) is 2.99. The SMILES string of the molecule is Cc1cccc(OCCN(C)C(=O)n2ccnc2)c1. The quantitative estimate of drug-likeness (QED) is 0.845. The number of carbonyl (C=O) groups excluding carboxylic acids is 1. The highest BCUT2D eigenvalue weighted by atomic mass is 16.5. The molecule has 0 fully saturated rings. The van der Waals surface area contributed by atoms with Crippen LogP contribution in [0.1, 0.15) is 5.56 Å². The van der Waals surface area contributed by atoms with Gasteiger partial charge in [-0.2, -0.15) is 0 Å². The van der Waals surface area contributed by atoms with Crippen LogP contribution in [0.3, 0.4) is 0 Å². The van der Waals surface area contributed by atoms with Gasteiger partial charge in [-0.15, -0.1) is 0 Å². The van der Waals surface area contributed by atoms with Gasteiger partial charge in [0, 0.05) is 19.4 Å². The van der Waals surface area contributed by atoms with E-state index in [1.54, 1.807) is 24.3 Å². The molecule has 0 bridgehead atoms. The first-order valence-corrected chi connectivity index (χ1v) is 6.10. The maximum atomic E-state index is 11.9. The molecule has 0 radical (unpaired) electrons. The molecule has 1 aromatic heterocycles. The van der Waals surface area contributed by atoms with Crippen molar-refractivity contribution in [3.63, 3.8) is 0 Å². The predicted octanol–water partition coefficient (Wildman–Crippen LogP) is 2.17. The summed E-state index contributed by atoms with van der Waals surface area (Å²) in [4.78, 5) is 17.3. The summed E-state index contributed by atoms with van der Waals surface area (Å²) in [6.07, 6.45) is 4.69. The number of nitrogens with zero attached hydrogens (tertiary/aromatic N) is 3. The summed E-state index contributed by atoms with van der Waals surface area (Å²) >= 11 is 0. The van der Waals surface area contributed by atoms with Gasteiger partial charge in [0.2, 0.25) is 0 Å². The molecule has 0 spiro atoms. The standard InChI is InChI=1S/C14H17N3O2/c1-12-4-3-5-13(10-12)19-9-8-16(2)14(18)17-7-6-15-11-17/h3-7,10-11H,8-9H2,1-2H3. The average molecular weight is 259 g/mol. The van der Waals surface area contributed by atoms with Crippen molar-refractivity contribution in [3.8, 4) is 5.75 Å². The Morgan fingerprint density at radius 2 is 2.32 bits per heavy atom. The molecular formula is C14H17N3O2. The Balaban J connectivity index is 1.81. The summed E-state index contributed by atoms with van der Waals surface area (Å²) in [5, 5.41) is 0. The second kappa shape index (κ2) is 6.04. The number of ether oxygens (including phenoxy) is 1. The number of likely N-dealkylation sites (N-methyl/N-ethyl adjacent to an activating group) is 1. The highest BCUT2D eigenvalue weighted by Gasteiger charge is 2.09. The van der Waals surface area contributed by atoms with E-state index in [4.69, 9.17) is 4.74 Å². The van der Waals surface area contributed by atoms with Gasteiger partial charge < -0.3 is 9.64 Å². The van der Waals surface area contributed by atoms with Crippen molar-refractivity contribution >= 4 is 6.03 Å². The number of imidazole rings is 1. The summed E-state index contributed by atoms with van der Waals surface area (Å²) < 4.78 is 7.04. The van der Waals surface area contributed by atoms with E-state index in [2.05, 4.69) is 4.98 Å². The predicted molar refractivity (Wildman–Crippen MR) is 72.3 cm³/mol. The molecule has 0 saturated heterocycles. The summed E-state index contributed by atoms with van der Waals surface area (Å²) in [7, 11) is 1.74. The second-order valence-electron chi connectivity index (χ2n) is 4.34. The van der Waals surface area contributed by atoms with E-state index >= 15 is 0 Å². The van der Waals surface area contributed by atoms with Crippen LogP contribution in [0.4, 0.5) is 4.79 Å². The van der Waals surface area contributed by atoms with Gasteiger partial charge >= 0.3 is 6.03 Å². The lowest BCUT2D eigenvalue weighted by molar-refractivity contribution is 0.197. The van der Waals surface area contributed by atoms with Gasteiger partial charge in [0.05, 0.1) is 6.54 Å². The lowest BCUT2D eigenvalue weighted by atomic mass is 10.2. The average Bonchev–Trinajstić information content (AvgIpc) is 2.91. The fraction of sp³-hybridized carbons (Fsp3) is 0.286. The van der Waals surface area contributed by atoms with Crippen LogP contribution in [-0.2, 0) is 0 Å². The zero-order valence-corrected chi connectivity index (χ0v) is 11.1. The number of carbonyl (C=O) groups is 1. The Bertz CT molecular complexity index is 537. The first kappa shape index (κ1) is 13.1. The first-order chi connectivity index (χ1) is 9.16. The van der Waals surface area contributed by atoms with Crippen LogP contribution in [0.25, 0.3) is 0 Å². The molecule has 19 heavy (non-hydrogen) atoms. The van der Waals surface area contributed by atoms with E-state index in [0.717, 1.165) is 11.3 Å². The molecule has 0 aliphatic carbocycles. The Hall–Kier alpha value is -2.30. The topological polar surface area (TPSA) is 47.4 Å². The Kier molecular flexibility index (Phi) is 4.18. The molecular weight excluding hydrogens is 242 g/mol. The minimum absolute atomic E-state index is 0.120. The van der Waals surface area contributed by atoms with Gasteiger partial charge in [-0.1, -0.05) is 12.1 Å². The molecule has 1 amide bonds. The summed E-state index contributed by atoms with van der Waals surface area (Å²) in [5.41, 5.74) is 1.15. The van der Waals surface area contributed by atoms with Crippen LogP contribution >= 0.6 is 0 Å². The first-order valence-electron chi connectivity index (χ1n) is 6.10. The highest BCUT2D eigenvalue weighted by molar-refractivity contribution is 5.76. The number of benzene rings is 1. The highest BCUT2D eigenvalue weighted by Crippen LogP contribution is 2.12. The van der Waals surface area contributed by atoms with Crippen LogP contribution in [0.15, 0.2) is 43.0 Å². The van der Waals surface area contributed by atoms with E-state index in [9.17, 15) is 4.79 Å². The van der Waals surface area contributed by atoms with Crippen molar-refractivity contribution in [2.75, 3.05) is 20.2 Å². The molecule has 1 heterocycles. The third kappa shape index (κ3) is 3.58. The third-order valence-electron chi connectivity index (χ3n) is 2.74. The van der Waals surface area contributed by atoms with E-state index < -0.39 is 0 Å². The molecule has 5 nitrogen and oxygen atoms in total. The molecule has 5 heteroatoms. The van der Waals surface area contributed by atoms with Crippen molar-refractivity contribution < 1.29 is 9.53 Å².